The number of benzene rings is 2. The Bertz CT molecular complexity index is 1010. The molecule has 7 heteroatoms. The third kappa shape index (κ3) is 5.47. The number of esters is 1. The second-order valence-corrected chi connectivity index (χ2v) is 6.99. The predicted octanol–water partition coefficient (Wildman–Crippen LogP) is 3.86. The number of primary amides is 1. The number of H-pyrrole nitrogens is 1. The SMILES string of the molecule is NC(=O)NCCCCCC(=O)O[C@@H](C(=O)c1c[nH]c2ccccc12)c1ccccc1. The summed E-state index contributed by atoms with van der Waals surface area (Å²) in [7, 11) is 0. The monoisotopic (exact) mass is 407 g/mol. The van der Waals surface area contributed by atoms with Gasteiger partial charge in [0.05, 0.1) is 0 Å². The molecule has 0 unspecified atom stereocenters. The Kier molecular flexibility index (Phi) is 7.21. The van der Waals surface area contributed by atoms with E-state index in [0.29, 0.717) is 30.5 Å². The van der Waals surface area contributed by atoms with Gasteiger partial charge in [-0.15, -0.1) is 0 Å². The van der Waals surface area contributed by atoms with Gasteiger partial charge in [0.15, 0.2) is 6.10 Å². The molecule has 7 nitrogen and oxygen atoms in total. The Balaban J connectivity index is 1.67. The average molecular weight is 407 g/mol. The first-order valence-electron chi connectivity index (χ1n) is 9.94. The van der Waals surface area contributed by atoms with Crippen molar-refractivity contribution in [3.8, 4) is 0 Å². The van der Waals surface area contributed by atoms with E-state index in [1.165, 1.54) is 0 Å². The van der Waals surface area contributed by atoms with Crippen molar-refractivity contribution in [3.63, 3.8) is 0 Å². The van der Waals surface area contributed by atoms with Gasteiger partial charge in [-0.2, -0.15) is 0 Å². The summed E-state index contributed by atoms with van der Waals surface area (Å²) in [5.74, 6) is -0.697. The van der Waals surface area contributed by atoms with Crippen LogP contribution in [-0.4, -0.2) is 29.3 Å². The standard InChI is InChI=1S/C23H25N3O4/c24-23(29)25-14-8-2-5-13-20(27)30-22(16-9-3-1-4-10-16)21(28)18-15-26-19-12-7-6-11-17(18)19/h1,3-4,6-7,9-12,15,22,26H,2,5,8,13-14H2,(H3,24,25,29)/t22-/m1/s1. The number of fused-ring (bicyclic) bond motifs is 1. The highest BCUT2D eigenvalue weighted by atomic mass is 16.5. The molecule has 156 valence electrons. The van der Waals surface area contributed by atoms with Crippen LogP contribution in [0.2, 0.25) is 0 Å². The Morgan fingerprint density at radius 3 is 2.47 bits per heavy atom. The lowest BCUT2D eigenvalue weighted by molar-refractivity contribution is -0.147. The van der Waals surface area contributed by atoms with Crippen LogP contribution < -0.4 is 11.1 Å². The summed E-state index contributed by atoms with van der Waals surface area (Å²) in [5, 5.41) is 3.30. The molecule has 4 N–H and O–H groups in total. The van der Waals surface area contributed by atoms with Gasteiger partial charge >= 0.3 is 12.0 Å². The number of Topliss-reactive ketones (excluding diaryl/α,β-unsaturated/α-hetero) is 1. The number of para-hydroxylation sites is 1. The molecule has 0 bridgehead atoms. The van der Waals surface area contributed by atoms with Gasteiger partial charge in [0, 0.05) is 41.2 Å². The molecule has 3 rings (SSSR count). The van der Waals surface area contributed by atoms with Crippen molar-refractivity contribution in [1.29, 1.82) is 0 Å². The molecular weight excluding hydrogens is 382 g/mol. The van der Waals surface area contributed by atoms with Crippen molar-refractivity contribution in [2.75, 3.05) is 6.54 Å². The highest BCUT2D eigenvalue weighted by molar-refractivity contribution is 6.10. The zero-order valence-corrected chi connectivity index (χ0v) is 16.6. The number of ketones is 1. The van der Waals surface area contributed by atoms with Gasteiger partial charge in [-0.1, -0.05) is 55.0 Å². The fourth-order valence-corrected chi connectivity index (χ4v) is 3.29. The number of hydrogen-bond acceptors (Lipinski definition) is 4. The Morgan fingerprint density at radius 2 is 1.70 bits per heavy atom. The fraction of sp³-hybridized carbons (Fsp3) is 0.261. The first-order valence-corrected chi connectivity index (χ1v) is 9.94. The van der Waals surface area contributed by atoms with E-state index in [1.54, 1.807) is 18.3 Å². The van der Waals surface area contributed by atoms with E-state index < -0.39 is 18.1 Å². The molecule has 3 aromatic rings. The van der Waals surface area contributed by atoms with Crippen LogP contribution in [0.15, 0.2) is 60.8 Å². The Morgan fingerprint density at radius 1 is 0.967 bits per heavy atom. The maximum absolute atomic E-state index is 13.3. The van der Waals surface area contributed by atoms with Crippen molar-refractivity contribution >= 4 is 28.7 Å². The maximum atomic E-state index is 13.3. The van der Waals surface area contributed by atoms with E-state index in [4.69, 9.17) is 10.5 Å². The average Bonchev–Trinajstić information content (AvgIpc) is 3.18. The summed E-state index contributed by atoms with van der Waals surface area (Å²) in [4.78, 5) is 39.5. The van der Waals surface area contributed by atoms with Crippen molar-refractivity contribution in [1.82, 2.24) is 10.3 Å². The molecule has 0 fully saturated rings. The van der Waals surface area contributed by atoms with E-state index in [9.17, 15) is 14.4 Å². The first-order chi connectivity index (χ1) is 14.6. The summed E-state index contributed by atoms with van der Waals surface area (Å²) in [6, 6.07) is 16.0. The van der Waals surface area contributed by atoms with Crippen LogP contribution in [0.1, 0.15) is 47.7 Å². The number of ether oxygens (including phenoxy) is 1. The molecule has 0 aliphatic carbocycles. The minimum Gasteiger partial charge on any atom is -0.449 e. The zero-order valence-electron chi connectivity index (χ0n) is 16.6. The van der Waals surface area contributed by atoms with Crippen LogP contribution in [0.25, 0.3) is 10.9 Å². The summed E-state index contributed by atoms with van der Waals surface area (Å²) < 4.78 is 5.62. The van der Waals surface area contributed by atoms with Crippen molar-refractivity contribution < 1.29 is 19.1 Å². The van der Waals surface area contributed by atoms with E-state index in [2.05, 4.69) is 10.3 Å². The highest BCUT2D eigenvalue weighted by Gasteiger charge is 2.27. The van der Waals surface area contributed by atoms with Crippen LogP contribution in [0.3, 0.4) is 0 Å². The topological polar surface area (TPSA) is 114 Å². The number of hydrogen-bond donors (Lipinski definition) is 3. The number of aromatic nitrogens is 1. The van der Waals surface area contributed by atoms with Gasteiger partial charge < -0.3 is 20.8 Å². The molecule has 2 aromatic carbocycles. The number of nitrogens with one attached hydrogen (secondary N) is 2. The fourth-order valence-electron chi connectivity index (χ4n) is 3.29. The smallest absolute Gasteiger partial charge is 0.312 e. The molecule has 1 heterocycles. The Hall–Kier alpha value is -3.61. The number of carbonyl (C=O) groups is 3. The zero-order chi connectivity index (χ0) is 21.3. The molecule has 0 spiro atoms. The second-order valence-electron chi connectivity index (χ2n) is 6.99. The molecule has 1 aromatic heterocycles. The van der Waals surface area contributed by atoms with Gasteiger partial charge in [-0.25, -0.2) is 4.79 Å². The van der Waals surface area contributed by atoms with Gasteiger partial charge in [0.25, 0.3) is 0 Å². The number of carbonyl (C=O) groups excluding carboxylic acids is 3. The number of amides is 2. The van der Waals surface area contributed by atoms with Crippen LogP contribution >= 0.6 is 0 Å². The van der Waals surface area contributed by atoms with E-state index in [0.717, 1.165) is 17.3 Å². The molecule has 2 amide bonds. The summed E-state index contributed by atoms with van der Waals surface area (Å²) in [6.45, 7) is 0.468. The van der Waals surface area contributed by atoms with Crippen molar-refractivity contribution in [2.45, 2.75) is 31.8 Å². The Labute approximate surface area is 174 Å². The van der Waals surface area contributed by atoms with E-state index >= 15 is 0 Å². The van der Waals surface area contributed by atoms with Crippen LogP contribution in [0, 0.1) is 0 Å². The molecule has 0 aliphatic heterocycles. The van der Waals surface area contributed by atoms with Crippen LogP contribution in [0.4, 0.5) is 4.79 Å². The molecular formula is C23H25N3O4. The third-order valence-electron chi connectivity index (χ3n) is 4.80. The minimum absolute atomic E-state index is 0.196. The predicted molar refractivity (Wildman–Crippen MR) is 114 cm³/mol. The first kappa shape index (κ1) is 21.1. The summed E-state index contributed by atoms with van der Waals surface area (Å²) in [6.07, 6.45) is 2.90. The normalized spacial score (nSPS) is 11.7. The summed E-state index contributed by atoms with van der Waals surface area (Å²) in [5.41, 5.74) is 6.98. The highest BCUT2D eigenvalue weighted by Crippen LogP contribution is 2.27. The van der Waals surface area contributed by atoms with Gasteiger partial charge in [0.1, 0.15) is 0 Å². The lowest BCUT2D eigenvalue weighted by Crippen LogP contribution is -2.29. The lowest BCUT2D eigenvalue weighted by Gasteiger charge is -2.17. The van der Waals surface area contributed by atoms with Crippen LogP contribution in [0.5, 0.6) is 0 Å². The number of aromatic amines is 1. The van der Waals surface area contributed by atoms with Gasteiger partial charge in [-0.3, -0.25) is 9.59 Å². The number of rotatable bonds is 10. The van der Waals surface area contributed by atoms with Gasteiger partial charge in [0.2, 0.25) is 5.78 Å². The number of nitrogens with two attached hydrogens (primary N) is 1. The molecule has 0 aliphatic rings. The third-order valence-corrected chi connectivity index (χ3v) is 4.80. The quantitative estimate of drug-likeness (QED) is 0.269. The van der Waals surface area contributed by atoms with E-state index in [-0.39, 0.29) is 12.2 Å². The summed E-state index contributed by atoms with van der Waals surface area (Å²) >= 11 is 0. The van der Waals surface area contributed by atoms with Crippen LogP contribution in [-0.2, 0) is 9.53 Å². The van der Waals surface area contributed by atoms with Gasteiger partial charge in [-0.05, 0) is 18.9 Å². The molecule has 0 radical (unpaired) electrons. The molecule has 1 atom stereocenters. The number of unbranched alkanes of at least 4 members (excludes halogenated alkanes) is 2. The molecule has 30 heavy (non-hydrogen) atoms. The molecule has 0 saturated carbocycles. The second kappa shape index (κ2) is 10.2. The lowest BCUT2D eigenvalue weighted by atomic mass is 9.99. The van der Waals surface area contributed by atoms with E-state index in [1.807, 2.05) is 42.5 Å². The maximum Gasteiger partial charge on any atom is 0.312 e. The van der Waals surface area contributed by atoms with Crippen molar-refractivity contribution in [3.05, 3.63) is 71.9 Å². The minimum atomic E-state index is -1.01. The van der Waals surface area contributed by atoms with Crippen molar-refractivity contribution in [2.24, 2.45) is 5.73 Å². The largest absolute Gasteiger partial charge is 0.449 e. The molecule has 0 saturated heterocycles. The number of urea groups is 1.